The number of aliphatic carboxylic acids is 4. The second-order valence-electron chi connectivity index (χ2n) is 6.26. The van der Waals surface area contributed by atoms with E-state index in [4.69, 9.17) is 52.8 Å². The predicted molar refractivity (Wildman–Crippen MR) is 103 cm³/mol. The Hall–Kier alpha value is -2.36. The van der Waals surface area contributed by atoms with Gasteiger partial charge in [-0.25, -0.2) is 0 Å². The predicted octanol–water partition coefficient (Wildman–Crippen LogP) is -2.78. The van der Waals surface area contributed by atoms with E-state index < -0.39 is 60.7 Å². The van der Waals surface area contributed by atoms with E-state index in [0.717, 1.165) is 0 Å². The maximum Gasteiger partial charge on any atom is 0.306 e. The molecule has 0 aromatic carbocycles. The van der Waals surface area contributed by atoms with Crippen molar-refractivity contribution < 1.29 is 49.1 Å². The smallest absolute Gasteiger partial charge is 0.306 e. The molecular formula is C16H32N4O10. The molecule has 0 bridgehead atoms. The summed E-state index contributed by atoms with van der Waals surface area (Å²) in [6.45, 7) is 1.96. The molecule has 30 heavy (non-hydrogen) atoms. The van der Waals surface area contributed by atoms with Crippen molar-refractivity contribution in [1.29, 1.82) is 0 Å². The molecule has 176 valence electrons. The summed E-state index contributed by atoms with van der Waals surface area (Å²) in [5, 5.41) is 36.0. The SMILES string of the molecule is NCCOC(CC(=O)O)(CC(=O)O)C(N)(CC(=O)O)CC(=O)O.NCCOCCN. The van der Waals surface area contributed by atoms with Crippen molar-refractivity contribution in [2.24, 2.45) is 22.9 Å². The molecule has 0 aromatic rings. The first-order valence-electron chi connectivity index (χ1n) is 8.87. The molecule has 0 heterocycles. The Morgan fingerprint density at radius 3 is 1.23 bits per heavy atom. The zero-order chi connectivity index (χ0) is 23.8. The Labute approximate surface area is 173 Å². The lowest BCUT2D eigenvalue weighted by Crippen LogP contribution is -2.65. The van der Waals surface area contributed by atoms with E-state index in [9.17, 15) is 19.2 Å². The number of hydrogen-bond acceptors (Lipinski definition) is 10. The first-order valence-corrected chi connectivity index (χ1v) is 8.87. The number of rotatable bonds is 16. The standard InChI is InChI=1S/C12H20N2O9.C4H12N2O/c13-1-2-23-12(5-9(19)20,6-10(21)22)11(14,3-7(15)16)4-8(17)18;5-1-3-7-4-2-6/h1-6,13-14H2,(H,15,16)(H,17,18)(H,19,20)(H,21,22);1-6H2. The van der Waals surface area contributed by atoms with Crippen LogP contribution in [0.2, 0.25) is 0 Å². The van der Waals surface area contributed by atoms with Gasteiger partial charge in [-0.05, 0) is 0 Å². The molecule has 0 aliphatic rings. The van der Waals surface area contributed by atoms with Gasteiger partial charge in [-0.1, -0.05) is 0 Å². The van der Waals surface area contributed by atoms with Gasteiger partial charge in [-0.2, -0.15) is 0 Å². The van der Waals surface area contributed by atoms with Crippen LogP contribution in [0.25, 0.3) is 0 Å². The molecule has 0 amide bonds. The summed E-state index contributed by atoms with van der Waals surface area (Å²) >= 11 is 0. The molecule has 0 aliphatic carbocycles. The summed E-state index contributed by atoms with van der Waals surface area (Å²) < 4.78 is 10.1. The second kappa shape index (κ2) is 15.5. The van der Waals surface area contributed by atoms with Crippen LogP contribution in [0.5, 0.6) is 0 Å². The van der Waals surface area contributed by atoms with Crippen LogP contribution in [0, 0.1) is 0 Å². The quantitative estimate of drug-likeness (QED) is 0.113. The van der Waals surface area contributed by atoms with Gasteiger partial charge in [0.15, 0.2) is 0 Å². The van der Waals surface area contributed by atoms with E-state index in [-0.39, 0.29) is 13.2 Å². The number of hydrogen-bond donors (Lipinski definition) is 8. The van der Waals surface area contributed by atoms with E-state index >= 15 is 0 Å². The summed E-state index contributed by atoms with van der Waals surface area (Å²) in [5.41, 5.74) is 16.8. The lowest BCUT2D eigenvalue weighted by Gasteiger charge is -2.45. The lowest BCUT2D eigenvalue weighted by molar-refractivity contribution is -0.173. The number of carbonyl (C=O) groups is 4. The van der Waals surface area contributed by atoms with E-state index in [0.29, 0.717) is 26.3 Å². The average Bonchev–Trinajstić information content (AvgIpc) is 2.58. The van der Waals surface area contributed by atoms with Gasteiger partial charge in [-0.15, -0.1) is 0 Å². The van der Waals surface area contributed by atoms with E-state index in [1.54, 1.807) is 0 Å². The fraction of sp³-hybridized carbons (Fsp3) is 0.750. The van der Waals surface area contributed by atoms with Gasteiger partial charge in [0.25, 0.3) is 0 Å². The molecule has 0 rings (SSSR count). The van der Waals surface area contributed by atoms with Gasteiger partial charge < -0.3 is 52.8 Å². The molecule has 0 unspecified atom stereocenters. The van der Waals surface area contributed by atoms with E-state index in [1.165, 1.54) is 0 Å². The molecule has 0 radical (unpaired) electrons. The van der Waals surface area contributed by atoms with Crippen molar-refractivity contribution in [2.75, 3.05) is 39.5 Å². The fourth-order valence-electron chi connectivity index (χ4n) is 2.60. The minimum absolute atomic E-state index is 0.128. The summed E-state index contributed by atoms with van der Waals surface area (Å²) in [6, 6.07) is 0. The molecule has 0 aliphatic heterocycles. The van der Waals surface area contributed by atoms with Gasteiger partial charge in [-0.3, -0.25) is 19.2 Å². The van der Waals surface area contributed by atoms with Gasteiger partial charge in [0.2, 0.25) is 0 Å². The summed E-state index contributed by atoms with van der Waals surface area (Å²) in [4.78, 5) is 44.3. The summed E-state index contributed by atoms with van der Waals surface area (Å²) in [6.07, 6.45) is -3.97. The molecule has 0 saturated heterocycles. The molecule has 14 nitrogen and oxygen atoms in total. The maximum atomic E-state index is 11.1. The first-order chi connectivity index (χ1) is 13.9. The fourth-order valence-corrected chi connectivity index (χ4v) is 2.60. The monoisotopic (exact) mass is 440 g/mol. The third kappa shape index (κ3) is 12.3. The molecule has 14 heteroatoms. The Balaban J connectivity index is 0. The average molecular weight is 440 g/mol. The Kier molecular flexibility index (Phi) is 15.4. The van der Waals surface area contributed by atoms with Crippen LogP contribution in [0.1, 0.15) is 25.7 Å². The van der Waals surface area contributed by atoms with Gasteiger partial charge in [0.05, 0.1) is 51.0 Å². The number of ether oxygens (including phenoxy) is 2. The highest BCUT2D eigenvalue weighted by atomic mass is 16.5. The first kappa shape index (κ1) is 29.8. The highest BCUT2D eigenvalue weighted by Gasteiger charge is 2.54. The Morgan fingerprint density at radius 2 is 0.967 bits per heavy atom. The zero-order valence-electron chi connectivity index (χ0n) is 16.6. The molecule has 0 spiro atoms. The number of nitrogens with two attached hydrogens (primary N) is 4. The molecule has 0 atom stereocenters. The summed E-state index contributed by atoms with van der Waals surface area (Å²) in [5.74, 6) is -6.08. The maximum absolute atomic E-state index is 11.1. The van der Waals surface area contributed by atoms with Gasteiger partial charge in [0, 0.05) is 19.6 Å². The van der Waals surface area contributed by atoms with E-state index in [2.05, 4.69) is 0 Å². The van der Waals surface area contributed by atoms with Crippen LogP contribution in [0.3, 0.4) is 0 Å². The van der Waals surface area contributed by atoms with Crippen molar-refractivity contribution in [3.05, 3.63) is 0 Å². The minimum Gasteiger partial charge on any atom is -0.481 e. The van der Waals surface area contributed by atoms with Crippen LogP contribution in [-0.2, 0) is 28.7 Å². The molecular weight excluding hydrogens is 408 g/mol. The van der Waals surface area contributed by atoms with Crippen LogP contribution in [-0.4, -0.2) is 94.9 Å². The minimum atomic E-state index is -2.27. The number of carboxylic acid groups (broad SMARTS) is 4. The van der Waals surface area contributed by atoms with Crippen LogP contribution in [0.4, 0.5) is 0 Å². The van der Waals surface area contributed by atoms with E-state index in [1.807, 2.05) is 0 Å². The molecule has 0 saturated carbocycles. The van der Waals surface area contributed by atoms with Crippen molar-refractivity contribution >= 4 is 23.9 Å². The van der Waals surface area contributed by atoms with Crippen LogP contribution < -0.4 is 22.9 Å². The Morgan fingerprint density at radius 1 is 0.633 bits per heavy atom. The highest BCUT2D eigenvalue weighted by Crippen LogP contribution is 2.37. The van der Waals surface area contributed by atoms with Crippen molar-refractivity contribution in [3.8, 4) is 0 Å². The van der Waals surface area contributed by atoms with Crippen LogP contribution >= 0.6 is 0 Å². The molecule has 12 N–H and O–H groups in total. The van der Waals surface area contributed by atoms with Crippen molar-refractivity contribution in [3.63, 3.8) is 0 Å². The zero-order valence-corrected chi connectivity index (χ0v) is 16.6. The summed E-state index contributed by atoms with van der Waals surface area (Å²) in [7, 11) is 0. The van der Waals surface area contributed by atoms with Crippen LogP contribution in [0.15, 0.2) is 0 Å². The van der Waals surface area contributed by atoms with Crippen molar-refractivity contribution in [2.45, 2.75) is 36.8 Å². The highest BCUT2D eigenvalue weighted by molar-refractivity contribution is 5.78. The number of carboxylic acids is 4. The topological polar surface area (TPSA) is 272 Å². The molecule has 0 aromatic heterocycles. The third-order valence-corrected chi connectivity index (χ3v) is 3.73. The largest absolute Gasteiger partial charge is 0.481 e. The normalized spacial score (nSPS) is 11.3. The van der Waals surface area contributed by atoms with Crippen molar-refractivity contribution in [1.82, 2.24) is 0 Å². The second-order valence-corrected chi connectivity index (χ2v) is 6.26. The molecule has 0 fully saturated rings. The lowest BCUT2D eigenvalue weighted by atomic mass is 9.71. The third-order valence-electron chi connectivity index (χ3n) is 3.73. The Bertz CT molecular complexity index is 522. The van der Waals surface area contributed by atoms with Gasteiger partial charge >= 0.3 is 23.9 Å². The van der Waals surface area contributed by atoms with Gasteiger partial charge in [0.1, 0.15) is 5.60 Å².